The maximum atomic E-state index is 5.90. The number of hydrogen-bond acceptors (Lipinski definition) is 1. The van der Waals surface area contributed by atoms with E-state index < -0.39 is 0 Å². The van der Waals surface area contributed by atoms with Crippen molar-refractivity contribution in [2.75, 3.05) is 0 Å². The van der Waals surface area contributed by atoms with Crippen molar-refractivity contribution in [2.24, 2.45) is 0 Å². The molecule has 1 aliphatic rings. The van der Waals surface area contributed by atoms with Crippen LogP contribution in [0, 0.1) is 6.92 Å². The van der Waals surface area contributed by atoms with Crippen molar-refractivity contribution < 1.29 is 4.74 Å². The second-order valence-electron chi connectivity index (χ2n) is 4.37. The first kappa shape index (κ1) is 10.3. The fraction of sp³-hybridized carbons (Fsp3) is 0.429. The van der Waals surface area contributed by atoms with Crippen molar-refractivity contribution in [3.05, 3.63) is 41.5 Å². The molecule has 0 saturated carbocycles. The van der Waals surface area contributed by atoms with Gasteiger partial charge in [0.1, 0.15) is 11.9 Å². The molecule has 1 aromatic carbocycles. The minimum Gasteiger partial charge on any atom is -0.486 e. The zero-order valence-electron chi connectivity index (χ0n) is 9.49. The number of hydrogen-bond donors (Lipinski definition) is 0. The highest BCUT2D eigenvalue weighted by atomic mass is 16.5. The fourth-order valence-electron chi connectivity index (χ4n) is 1.95. The highest BCUT2D eigenvalue weighted by Gasteiger charge is 2.12. The van der Waals surface area contributed by atoms with Crippen LogP contribution < -0.4 is 4.74 Å². The Balaban J connectivity index is 2.02. The molecule has 0 N–H and O–H groups in total. The summed E-state index contributed by atoms with van der Waals surface area (Å²) in [6, 6.07) is 8.28. The van der Waals surface area contributed by atoms with Crippen LogP contribution in [0.2, 0.25) is 0 Å². The van der Waals surface area contributed by atoms with Gasteiger partial charge in [-0.05, 0) is 51.3 Å². The van der Waals surface area contributed by atoms with E-state index in [0.29, 0.717) is 0 Å². The summed E-state index contributed by atoms with van der Waals surface area (Å²) in [5, 5.41) is 0. The average Bonchev–Trinajstić information content (AvgIpc) is 2.22. The molecule has 0 aromatic heterocycles. The molecule has 0 amide bonds. The van der Waals surface area contributed by atoms with Crippen molar-refractivity contribution in [3.63, 3.8) is 0 Å². The van der Waals surface area contributed by atoms with Gasteiger partial charge in [-0.25, -0.2) is 0 Å². The van der Waals surface area contributed by atoms with Crippen molar-refractivity contribution in [3.8, 4) is 5.75 Å². The third kappa shape index (κ3) is 2.85. The summed E-state index contributed by atoms with van der Waals surface area (Å²) in [7, 11) is 0. The predicted molar refractivity (Wildman–Crippen MR) is 63.2 cm³/mol. The van der Waals surface area contributed by atoms with Gasteiger partial charge < -0.3 is 4.74 Å². The molecule has 80 valence electrons. The van der Waals surface area contributed by atoms with Crippen molar-refractivity contribution in [1.82, 2.24) is 0 Å². The van der Waals surface area contributed by atoms with Gasteiger partial charge in [0, 0.05) is 0 Å². The van der Waals surface area contributed by atoms with E-state index in [9.17, 15) is 0 Å². The van der Waals surface area contributed by atoms with Crippen LogP contribution in [0.3, 0.4) is 0 Å². The topological polar surface area (TPSA) is 9.23 Å². The molecule has 1 unspecified atom stereocenters. The molecule has 1 nitrogen and oxygen atoms in total. The third-order valence-electron chi connectivity index (χ3n) is 2.84. The average molecular weight is 202 g/mol. The molecule has 1 aliphatic carbocycles. The van der Waals surface area contributed by atoms with Crippen LogP contribution in [0.5, 0.6) is 5.75 Å². The molecular weight excluding hydrogens is 184 g/mol. The first-order chi connectivity index (χ1) is 7.24. The van der Waals surface area contributed by atoms with Crippen LogP contribution in [-0.4, -0.2) is 6.10 Å². The van der Waals surface area contributed by atoms with Gasteiger partial charge in [0.05, 0.1) is 0 Å². The first-order valence-corrected chi connectivity index (χ1v) is 5.65. The van der Waals surface area contributed by atoms with Crippen LogP contribution in [0.15, 0.2) is 35.9 Å². The molecule has 15 heavy (non-hydrogen) atoms. The Kier molecular flexibility index (Phi) is 3.10. The predicted octanol–water partition coefficient (Wildman–Crippen LogP) is 3.87. The van der Waals surface area contributed by atoms with E-state index in [4.69, 9.17) is 4.74 Å². The second-order valence-corrected chi connectivity index (χ2v) is 4.37. The van der Waals surface area contributed by atoms with E-state index in [0.717, 1.165) is 12.2 Å². The first-order valence-electron chi connectivity index (χ1n) is 5.65. The van der Waals surface area contributed by atoms with Gasteiger partial charge in [0.2, 0.25) is 0 Å². The van der Waals surface area contributed by atoms with Crippen LogP contribution >= 0.6 is 0 Å². The number of rotatable bonds is 2. The largest absolute Gasteiger partial charge is 0.486 e. The Morgan fingerprint density at radius 1 is 1.13 bits per heavy atom. The van der Waals surface area contributed by atoms with Crippen molar-refractivity contribution >= 4 is 0 Å². The van der Waals surface area contributed by atoms with Gasteiger partial charge in [-0.3, -0.25) is 0 Å². The number of allylic oxidation sites excluding steroid dienone is 1. The number of benzene rings is 1. The third-order valence-corrected chi connectivity index (χ3v) is 2.84. The summed E-state index contributed by atoms with van der Waals surface area (Å²) in [4.78, 5) is 0. The minimum absolute atomic E-state index is 0.279. The Hall–Kier alpha value is -1.24. The minimum atomic E-state index is 0.279. The molecule has 0 heterocycles. The van der Waals surface area contributed by atoms with Gasteiger partial charge in [0.25, 0.3) is 0 Å². The smallest absolute Gasteiger partial charge is 0.120 e. The fourth-order valence-corrected chi connectivity index (χ4v) is 1.95. The molecular formula is C14H18O. The van der Waals surface area contributed by atoms with Crippen LogP contribution in [-0.2, 0) is 0 Å². The van der Waals surface area contributed by atoms with Crippen molar-refractivity contribution in [2.45, 2.75) is 39.2 Å². The summed E-state index contributed by atoms with van der Waals surface area (Å²) in [5.41, 5.74) is 2.73. The quantitative estimate of drug-likeness (QED) is 0.661. The van der Waals surface area contributed by atoms with E-state index in [2.05, 4.69) is 32.1 Å². The Bertz CT molecular complexity index is 348. The van der Waals surface area contributed by atoms with E-state index in [1.54, 1.807) is 0 Å². The molecule has 1 atom stereocenters. The van der Waals surface area contributed by atoms with E-state index in [-0.39, 0.29) is 6.10 Å². The lowest BCUT2D eigenvalue weighted by Crippen LogP contribution is -2.17. The SMILES string of the molecule is CC1=CC(Oc2ccc(C)cc2)CCC1. The van der Waals surface area contributed by atoms with E-state index in [1.807, 2.05) is 12.1 Å². The van der Waals surface area contributed by atoms with Gasteiger partial charge in [-0.2, -0.15) is 0 Å². The lowest BCUT2D eigenvalue weighted by Gasteiger charge is -2.20. The molecule has 1 aromatic rings. The van der Waals surface area contributed by atoms with Gasteiger partial charge in [0.15, 0.2) is 0 Å². The molecule has 0 bridgehead atoms. The molecule has 2 rings (SSSR count). The summed E-state index contributed by atoms with van der Waals surface area (Å²) < 4.78 is 5.90. The molecule has 0 spiro atoms. The molecule has 0 aliphatic heterocycles. The zero-order chi connectivity index (χ0) is 10.7. The summed E-state index contributed by atoms with van der Waals surface area (Å²) in [6.45, 7) is 4.28. The maximum Gasteiger partial charge on any atom is 0.120 e. The highest BCUT2D eigenvalue weighted by Crippen LogP contribution is 2.22. The lowest BCUT2D eigenvalue weighted by atomic mass is 9.99. The second kappa shape index (κ2) is 4.52. The maximum absolute atomic E-state index is 5.90. The summed E-state index contributed by atoms with van der Waals surface area (Å²) in [5.74, 6) is 0.983. The molecule has 0 radical (unpaired) electrons. The zero-order valence-corrected chi connectivity index (χ0v) is 9.49. The molecule has 1 heteroatoms. The van der Waals surface area contributed by atoms with Gasteiger partial charge >= 0.3 is 0 Å². The Morgan fingerprint density at radius 3 is 2.53 bits per heavy atom. The van der Waals surface area contributed by atoms with Crippen LogP contribution in [0.4, 0.5) is 0 Å². The molecule has 0 saturated heterocycles. The molecule has 0 fully saturated rings. The van der Waals surface area contributed by atoms with Crippen molar-refractivity contribution in [1.29, 1.82) is 0 Å². The Labute approximate surface area is 91.8 Å². The number of aryl methyl sites for hydroxylation is 1. The van der Waals surface area contributed by atoms with Gasteiger partial charge in [-0.1, -0.05) is 23.3 Å². The van der Waals surface area contributed by atoms with Gasteiger partial charge in [-0.15, -0.1) is 0 Å². The standard InChI is InChI=1S/C14H18O/c1-11-6-8-13(9-7-11)15-14-5-3-4-12(2)10-14/h6-10,14H,3-5H2,1-2H3. The Morgan fingerprint density at radius 2 is 1.87 bits per heavy atom. The van der Waals surface area contributed by atoms with E-state index in [1.165, 1.54) is 24.0 Å². The highest BCUT2D eigenvalue weighted by molar-refractivity contribution is 5.27. The van der Waals surface area contributed by atoms with E-state index >= 15 is 0 Å². The summed E-state index contributed by atoms with van der Waals surface area (Å²) in [6.07, 6.45) is 6.16. The van der Waals surface area contributed by atoms with Crippen LogP contribution in [0.1, 0.15) is 31.7 Å². The normalized spacial score (nSPS) is 20.9. The lowest BCUT2D eigenvalue weighted by molar-refractivity contribution is 0.227. The summed E-state index contributed by atoms with van der Waals surface area (Å²) >= 11 is 0. The number of ether oxygens (including phenoxy) is 1. The van der Waals surface area contributed by atoms with Crippen LogP contribution in [0.25, 0.3) is 0 Å². The monoisotopic (exact) mass is 202 g/mol.